The summed E-state index contributed by atoms with van der Waals surface area (Å²) in [5.74, 6) is 0. The number of halogens is 4. The van der Waals surface area contributed by atoms with Crippen molar-refractivity contribution >= 4 is 33.6 Å². The molecule has 2 aromatic rings. The van der Waals surface area contributed by atoms with Crippen molar-refractivity contribution in [2.75, 3.05) is 0 Å². The van der Waals surface area contributed by atoms with Crippen LogP contribution in [0.2, 0.25) is 0 Å². The van der Waals surface area contributed by atoms with Crippen molar-refractivity contribution in [3.63, 3.8) is 0 Å². The van der Waals surface area contributed by atoms with Crippen molar-refractivity contribution in [2.24, 2.45) is 0 Å². The van der Waals surface area contributed by atoms with E-state index in [0.717, 1.165) is 18.2 Å². The van der Waals surface area contributed by atoms with Crippen LogP contribution in [0, 0.1) is 3.57 Å². The summed E-state index contributed by atoms with van der Waals surface area (Å²) in [5, 5.41) is -0.0540. The summed E-state index contributed by atoms with van der Waals surface area (Å²) in [6.07, 6.45) is -3.24. The number of rotatable bonds is 0. The standard InChI is InChI=1S/C10H4F3IO2/c11-10(12,13)5-1-2-8-6(3-5)9(15)7(14)4-16-8/h1-4H. The van der Waals surface area contributed by atoms with Crippen molar-refractivity contribution in [1.29, 1.82) is 0 Å². The van der Waals surface area contributed by atoms with Gasteiger partial charge in [-0.2, -0.15) is 13.2 Å². The lowest BCUT2D eigenvalue weighted by Crippen LogP contribution is -2.09. The fraction of sp³-hybridized carbons (Fsp3) is 0.100. The van der Waals surface area contributed by atoms with E-state index in [4.69, 9.17) is 4.42 Å². The summed E-state index contributed by atoms with van der Waals surface area (Å²) in [6, 6.07) is 2.84. The van der Waals surface area contributed by atoms with Gasteiger partial charge in [-0.05, 0) is 40.8 Å². The van der Waals surface area contributed by atoms with Crippen LogP contribution in [0.3, 0.4) is 0 Å². The van der Waals surface area contributed by atoms with Gasteiger partial charge in [-0.25, -0.2) is 0 Å². The van der Waals surface area contributed by atoms with Gasteiger partial charge in [-0.1, -0.05) is 0 Å². The molecule has 0 spiro atoms. The molecule has 0 unspecified atom stereocenters. The Bertz CT molecular complexity index is 601. The third kappa shape index (κ3) is 1.93. The van der Waals surface area contributed by atoms with E-state index in [-0.39, 0.29) is 14.5 Å². The first kappa shape index (κ1) is 11.4. The van der Waals surface area contributed by atoms with Crippen molar-refractivity contribution in [3.8, 4) is 0 Å². The van der Waals surface area contributed by atoms with Crippen molar-refractivity contribution in [2.45, 2.75) is 6.18 Å². The molecule has 1 aromatic carbocycles. The highest BCUT2D eigenvalue weighted by atomic mass is 127. The maximum absolute atomic E-state index is 12.4. The van der Waals surface area contributed by atoms with Gasteiger partial charge in [0.15, 0.2) is 0 Å². The van der Waals surface area contributed by atoms with E-state index in [1.54, 1.807) is 22.6 Å². The SMILES string of the molecule is O=c1c(I)coc2ccc(C(F)(F)F)cc12. The highest BCUT2D eigenvalue weighted by molar-refractivity contribution is 14.1. The maximum Gasteiger partial charge on any atom is 0.416 e. The third-order valence-electron chi connectivity index (χ3n) is 2.06. The Balaban J connectivity index is 2.79. The van der Waals surface area contributed by atoms with Gasteiger partial charge < -0.3 is 4.42 Å². The van der Waals surface area contributed by atoms with Gasteiger partial charge in [0, 0.05) is 0 Å². The van der Waals surface area contributed by atoms with Gasteiger partial charge in [-0.15, -0.1) is 0 Å². The van der Waals surface area contributed by atoms with E-state index in [1.165, 1.54) is 6.26 Å². The smallest absolute Gasteiger partial charge is 0.416 e. The summed E-state index contributed by atoms with van der Waals surface area (Å²) in [4.78, 5) is 11.6. The van der Waals surface area contributed by atoms with Crippen LogP contribution in [-0.2, 0) is 6.18 Å². The molecule has 1 aromatic heterocycles. The second kappa shape index (κ2) is 3.76. The number of alkyl halides is 3. The first-order valence-electron chi connectivity index (χ1n) is 4.18. The molecule has 0 aliphatic carbocycles. The highest BCUT2D eigenvalue weighted by Crippen LogP contribution is 2.30. The quantitative estimate of drug-likeness (QED) is 0.688. The molecule has 0 amide bonds. The lowest BCUT2D eigenvalue weighted by atomic mass is 10.1. The van der Waals surface area contributed by atoms with E-state index >= 15 is 0 Å². The molecule has 84 valence electrons. The minimum atomic E-state index is -4.46. The molecule has 0 aliphatic rings. The van der Waals surface area contributed by atoms with Crippen molar-refractivity contribution in [1.82, 2.24) is 0 Å². The van der Waals surface area contributed by atoms with E-state index in [1.807, 2.05) is 0 Å². The van der Waals surface area contributed by atoms with Gasteiger partial charge in [0.05, 0.1) is 14.5 Å². The molecule has 6 heteroatoms. The third-order valence-corrected chi connectivity index (χ3v) is 2.80. The Morgan fingerprint density at radius 1 is 1.25 bits per heavy atom. The minimum Gasteiger partial charge on any atom is -0.463 e. The molecule has 1 heterocycles. The molecule has 0 radical (unpaired) electrons. The summed E-state index contributed by atoms with van der Waals surface area (Å²) >= 11 is 1.72. The van der Waals surface area contributed by atoms with Crippen LogP contribution in [0.15, 0.2) is 33.7 Å². The molecule has 16 heavy (non-hydrogen) atoms. The maximum atomic E-state index is 12.4. The molecule has 0 fully saturated rings. The molecule has 0 aliphatic heterocycles. The van der Waals surface area contributed by atoms with Crippen LogP contribution in [0.4, 0.5) is 13.2 Å². The summed E-state index contributed by atoms with van der Waals surface area (Å²) < 4.78 is 42.5. The number of fused-ring (bicyclic) bond motifs is 1. The van der Waals surface area contributed by atoms with Crippen LogP contribution in [-0.4, -0.2) is 0 Å². The average molecular weight is 340 g/mol. The fourth-order valence-electron chi connectivity index (χ4n) is 1.28. The van der Waals surface area contributed by atoms with Gasteiger partial charge in [0.1, 0.15) is 11.8 Å². The molecular formula is C10H4F3IO2. The molecule has 0 saturated carbocycles. The zero-order valence-electron chi connectivity index (χ0n) is 7.64. The van der Waals surface area contributed by atoms with Crippen molar-refractivity contribution in [3.05, 3.63) is 43.8 Å². The molecule has 0 atom stereocenters. The van der Waals surface area contributed by atoms with Gasteiger partial charge >= 0.3 is 6.18 Å². The van der Waals surface area contributed by atoms with Crippen LogP contribution >= 0.6 is 22.6 Å². The average Bonchev–Trinajstić information content (AvgIpc) is 2.22. The lowest BCUT2D eigenvalue weighted by Gasteiger charge is -2.06. The number of benzene rings is 1. The van der Waals surface area contributed by atoms with E-state index in [2.05, 4.69) is 0 Å². The second-order valence-electron chi connectivity index (χ2n) is 3.12. The molecule has 0 saturated heterocycles. The van der Waals surface area contributed by atoms with Crippen LogP contribution in [0.5, 0.6) is 0 Å². The fourth-order valence-corrected chi connectivity index (χ4v) is 1.70. The number of hydrogen-bond donors (Lipinski definition) is 0. The molecule has 0 N–H and O–H groups in total. The minimum absolute atomic E-state index is 0.0540. The topological polar surface area (TPSA) is 30.2 Å². The van der Waals surface area contributed by atoms with Crippen molar-refractivity contribution < 1.29 is 17.6 Å². The van der Waals surface area contributed by atoms with E-state index < -0.39 is 17.2 Å². The number of hydrogen-bond acceptors (Lipinski definition) is 2. The molecule has 0 bridgehead atoms. The lowest BCUT2D eigenvalue weighted by molar-refractivity contribution is -0.137. The van der Waals surface area contributed by atoms with E-state index in [0.29, 0.717) is 0 Å². The van der Waals surface area contributed by atoms with Crippen LogP contribution in [0.25, 0.3) is 11.0 Å². The summed E-state index contributed by atoms with van der Waals surface area (Å²) in [5.41, 5.74) is -1.15. The van der Waals surface area contributed by atoms with Gasteiger partial charge in [0.2, 0.25) is 5.43 Å². The normalized spacial score (nSPS) is 12.0. The first-order valence-corrected chi connectivity index (χ1v) is 5.26. The molecular weight excluding hydrogens is 336 g/mol. The summed E-state index contributed by atoms with van der Waals surface area (Å²) in [7, 11) is 0. The summed E-state index contributed by atoms with van der Waals surface area (Å²) in [6.45, 7) is 0. The van der Waals surface area contributed by atoms with Gasteiger partial charge in [0.25, 0.3) is 0 Å². The van der Waals surface area contributed by atoms with Gasteiger partial charge in [-0.3, -0.25) is 4.79 Å². The Labute approximate surface area is 101 Å². The van der Waals surface area contributed by atoms with E-state index in [9.17, 15) is 18.0 Å². The Kier molecular flexibility index (Phi) is 2.69. The Hall–Kier alpha value is -1.05. The predicted octanol–water partition coefficient (Wildman–Crippen LogP) is 3.42. The van der Waals surface area contributed by atoms with Crippen LogP contribution < -0.4 is 5.43 Å². The largest absolute Gasteiger partial charge is 0.463 e. The highest BCUT2D eigenvalue weighted by Gasteiger charge is 2.30. The Morgan fingerprint density at radius 2 is 1.94 bits per heavy atom. The zero-order valence-corrected chi connectivity index (χ0v) is 9.80. The monoisotopic (exact) mass is 340 g/mol. The molecule has 2 rings (SSSR count). The zero-order chi connectivity index (χ0) is 11.9. The second-order valence-corrected chi connectivity index (χ2v) is 4.28. The first-order chi connectivity index (χ1) is 7.39. The Morgan fingerprint density at radius 3 is 2.56 bits per heavy atom. The molecule has 2 nitrogen and oxygen atoms in total. The van der Waals surface area contributed by atoms with Crippen LogP contribution in [0.1, 0.15) is 5.56 Å². The predicted molar refractivity (Wildman–Crippen MR) is 60.2 cm³/mol.